The summed E-state index contributed by atoms with van der Waals surface area (Å²) >= 11 is 0. The monoisotopic (exact) mass is 177 g/mol. The summed E-state index contributed by atoms with van der Waals surface area (Å²) in [5.41, 5.74) is 0. The largest absolute Gasteiger partial charge is 0.465 e. The van der Waals surface area contributed by atoms with Gasteiger partial charge in [-0.1, -0.05) is 0 Å². The van der Waals surface area contributed by atoms with Crippen molar-refractivity contribution < 1.29 is 20.1 Å². The van der Waals surface area contributed by atoms with Crippen molar-refractivity contribution in [1.82, 2.24) is 5.32 Å². The van der Waals surface area contributed by atoms with E-state index in [1.165, 1.54) is 0 Å². The lowest BCUT2D eigenvalue weighted by atomic mass is 10.1. The first-order chi connectivity index (χ1) is 5.70. The topological polar surface area (TPSA) is 89.8 Å². The van der Waals surface area contributed by atoms with E-state index in [9.17, 15) is 4.79 Å². The van der Waals surface area contributed by atoms with Crippen LogP contribution in [0.4, 0.5) is 4.79 Å². The molecule has 0 radical (unpaired) electrons. The predicted octanol–water partition coefficient (Wildman–Crippen LogP) is -0.223. The molecule has 5 heteroatoms. The molecule has 0 aliphatic heterocycles. The van der Waals surface area contributed by atoms with Crippen molar-refractivity contribution in [3.8, 4) is 0 Å². The molecule has 0 saturated carbocycles. The highest BCUT2D eigenvalue weighted by molar-refractivity contribution is 5.64. The molecule has 5 nitrogen and oxygen atoms in total. The molecule has 0 heterocycles. The summed E-state index contributed by atoms with van der Waals surface area (Å²) in [5.74, 6) is 0. The van der Waals surface area contributed by atoms with Crippen molar-refractivity contribution in [2.45, 2.75) is 25.3 Å². The molecule has 0 saturated heterocycles. The second-order valence-electron chi connectivity index (χ2n) is 2.55. The third-order valence-electron chi connectivity index (χ3n) is 1.51. The highest BCUT2D eigenvalue weighted by Gasteiger charge is 2.08. The number of amides is 1. The minimum atomic E-state index is -1.13. The van der Waals surface area contributed by atoms with E-state index in [1.54, 1.807) is 0 Å². The van der Waals surface area contributed by atoms with Crippen LogP contribution in [0.1, 0.15) is 19.3 Å². The van der Waals surface area contributed by atoms with E-state index in [4.69, 9.17) is 15.3 Å². The van der Waals surface area contributed by atoms with Gasteiger partial charge in [-0.25, -0.2) is 4.79 Å². The molecule has 0 spiro atoms. The maximum Gasteiger partial charge on any atom is 0.404 e. The maximum atomic E-state index is 10.1. The fourth-order valence-electron chi connectivity index (χ4n) is 0.886. The number of hydrogen-bond donors (Lipinski definition) is 4. The van der Waals surface area contributed by atoms with Crippen LogP contribution < -0.4 is 5.32 Å². The molecule has 0 aliphatic carbocycles. The molecule has 0 aromatic heterocycles. The fraction of sp³-hybridized carbons (Fsp3) is 0.857. The van der Waals surface area contributed by atoms with Crippen molar-refractivity contribution in [1.29, 1.82) is 0 Å². The lowest BCUT2D eigenvalue weighted by Crippen LogP contribution is -2.36. The molecule has 4 N–H and O–H groups in total. The third-order valence-corrected chi connectivity index (χ3v) is 1.51. The molecule has 72 valence electrons. The Bertz CT molecular complexity index is 129. The normalized spacial score (nSPS) is 12.5. The lowest BCUT2D eigenvalue weighted by molar-refractivity contribution is 0.174. The van der Waals surface area contributed by atoms with Crippen LogP contribution in [0.2, 0.25) is 0 Å². The third kappa shape index (κ3) is 5.94. The van der Waals surface area contributed by atoms with E-state index in [0.29, 0.717) is 19.3 Å². The lowest BCUT2D eigenvalue weighted by Gasteiger charge is -2.12. The van der Waals surface area contributed by atoms with Gasteiger partial charge >= 0.3 is 6.09 Å². The molecule has 0 aromatic rings. The Hall–Kier alpha value is -0.810. The zero-order valence-corrected chi connectivity index (χ0v) is 6.86. The smallest absolute Gasteiger partial charge is 0.404 e. The van der Waals surface area contributed by atoms with Crippen molar-refractivity contribution in [3.63, 3.8) is 0 Å². The molecule has 0 unspecified atom stereocenters. The van der Waals surface area contributed by atoms with Crippen LogP contribution in [0.5, 0.6) is 0 Å². The zero-order valence-electron chi connectivity index (χ0n) is 6.86. The summed E-state index contributed by atoms with van der Waals surface area (Å²) in [4.78, 5) is 10.1. The second kappa shape index (κ2) is 6.87. The number of carbonyl (C=O) groups is 1. The molecule has 0 fully saturated rings. The van der Waals surface area contributed by atoms with Crippen molar-refractivity contribution in [2.75, 3.05) is 13.2 Å². The predicted molar refractivity (Wildman–Crippen MR) is 43.0 cm³/mol. The highest BCUT2D eigenvalue weighted by atomic mass is 16.4. The Kier molecular flexibility index (Phi) is 6.41. The van der Waals surface area contributed by atoms with Gasteiger partial charge in [0.15, 0.2) is 0 Å². The van der Waals surface area contributed by atoms with Crippen LogP contribution in [-0.2, 0) is 0 Å². The number of unbranched alkanes of at least 4 members (excludes halogenated alkanes) is 1. The average molecular weight is 177 g/mol. The standard InChI is InChI=1S/C7H15NO4/c9-4-2-1-3-6(5-10)8-7(11)12/h6,8-10H,1-5H2,(H,11,12)/t6-/m0/s1. The molecule has 1 atom stereocenters. The number of aliphatic hydroxyl groups excluding tert-OH is 2. The summed E-state index contributed by atoms with van der Waals surface area (Å²) in [6, 6.07) is -0.408. The van der Waals surface area contributed by atoms with Crippen LogP contribution in [0.25, 0.3) is 0 Å². The quantitative estimate of drug-likeness (QED) is 0.422. The molecule has 0 rings (SSSR count). The number of carboxylic acid groups (broad SMARTS) is 1. The van der Waals surface area contributed by atoms with E-state index in [0.717, 1.165) is 0 Å². The summed E-state index contributed by atoms with van der Waals surface area (Å²) in [7, 11) is 0. The van der Waals surface area contributed by atoms with Gasteiger partial charge in [-0.3, -0.25) is 0 Å². The van der Waals surface area contributed by atoms with Gasteiger partial charge in [-0.15, -0.1) is 0 Å². The minimum absolute atomic E-state index is 0.102. The van der Waals surface area contributed by atoms with Gasteiger partial charge in [0.25, 0.3) is 0 Å². The summed E-state index contributed by atoms with van der Waals surface area (Å²) in [5, 5.41) is 27.6. The average Bonchev–Trinajstić information content (AvgIpc) is 2.02. The van der Waals surface area contributed by atoms with Gasteiger partial charge in [-0.2, -0.15) is 0 Å². The Morgan fingerprint density at radius 2 is 2.00 bits per heavy atom. The van der Waals surface area contributed by atoms with Gasteiger partial charge in [-0.05, 0) is 19.3 Å². The minimum Gasteiger partial charge on any atom is -0.465 e. The van der Waals surface area contributed by atoms with Crippen molar-refractivity contribution in [2.24, 2.45) is 0 Å². The van der Waals surface area contributed by atoms with Crippen molar-refractivity contribution in [3.05, 3.63) is 0 Å². The Morgan fingerprint density at radius 3 is 2.42 bits per heavy atom. The van der Waals surface area contributed by atoms with Crippen LogP contribution in [0.15, 0.2) is 0 Å². The molecule has 1 amide bonds. The van der Waals surface area contributed by atoms with E-state index < -0.39 is 12.1 Å². The first-order valence-electron chi connectivity index (χ1n) is 3.92. The molecule has 0 bridgehead atoms. The maximum absolute atomic E-state index is 10.1. The molecule has 0 aromatic carbocycles. The highest BCUT2D eigenvalue weighted by Crippen LogP contribution is 1.99. The SMILES string of the molecule is O=C(O)N[C@H](CO)CCCCO. The number of hydrogen-bond acceptors (Lipinski definition) is 3. The number of rotatable bonds is 6. The van der Waals surface area contributed by atoms with Gasteiger partial charge in [0.2, 0.25) is 0 Å². The molecule has 0 aliphatic rings. The number of aliphatic hydroxyl groups is 2. The van der Waals surface area contributed by atoms with Gasteiger partial charge in [0.05, 0.1) is 12.6 Å². The summed E-state index contributed by atoms with van der Waals surface area (Å²) in [6.45, 7) is -0.0943. The van der Waals surface area contributed by atoms with E-state index in [1.807, 2.05) is 0 Å². The summed E-state index contributed by atoms with van der Waals surface area (Å²) < 4.78 is 0. The Labute approximate surface area is 71.0 Å². The van der Waals surface area contributed by atoms with Crippen LogP contribution in [0.3, 0.4) is 0 Å². The van der Waals surface area contributed by atoms with Crippen LogP contribution in [0, 0.1) is 0 Å². The summed E-state index contributed by atoms with van der Waals surface area (Å²) in [6.07, 6.45) is 0.779. The first-order valence-corrected chi connectivity index (χ1v) is 3.92. The Balaban J connectivity index is 3.46. The van der Waals surface area contributed by atoms with Gasteiger partial charge in [0, 0.05) is 6.61 Å². The van der Waals surface area contributed by atoms with E-state index in [-0.39, 0.29) is 13.2 Å². The van der Waals surface area contributed by atoms with E-state index >= 15 is 0 Å². The van der Waals surface area contributed by atoms with Gasteiger partial charge in [0.1, 0.15) is 0 Å². The van der Waals surface area contributed by atoms with Crippen molar-refractivity contribution >= 4 is 6.09 Å². The first kappa shape index (κ1) is 11.2. The fourth-order valence-corrected chi connectivity index (χ4v) is 0.886. The molecular weight excluding hydrogens is 162 g/mol. The van der Waals surface area contributed by atoms with Crippen LogP contribution >= 0.6 is 0 Å². The zero-order chi connectivity index (χ0) is 9.40. The van der Waals surface area contributed by atoms with E-state index in [2.05, 4.69) is 5.32 Å². The van der Waals surface area contributed by atoms with Gasteiger partial charge < -0.3 is 20.6 Å². The molecular formula is C7H15NO4. The molecule has 12 heavy (non-hydrogen) atoms. The second-order valence-corrected chi connectivity index (χ2v) is 2.55. The number of nitrogens with one attached hydrogen (secondary N) is 1. The van der Waals surface area contributed by atoms with Crippen LogP contribution in [-0.4, -0.2) is 40.7 Å². The Morgan fingerprint density at radius 1 is 1.33 bits per heavy atom.